The van der Waals surface area contributed by atoms with Gasteiger partial charge in [0, 0.05) is 12.0 Å². The molecule has 0 aromatic heterocycles. The highest BCUT2D eigenvalue weighted by molar-refractivity contribution is 5.43. The number of rotatable bonds is 3. The third kappa shape index (κ3) is 2.07. The molecular weight excluding hydrogens is 243 g/mol. The van der Waals surface area contributed by atoms with Crippen molar-refractivity contribution >= 4 is 0 Å². The van der Waals surface area contributed by atoms with Gasteiger partial charge in [-0.1, -0.05) is 12.5 Å². The topological polar surface area (TPSA) is 35.2 Å². The Kier molecular flexibility index (Phi) is 3.27. The van der Waals surface area contributed by atoms with E-state index in [0.717, 1.165) is 25.3 Å². The van der Waals surface area contributed by atoms with Gasteiger partial charge in [-0.25, -0.2) is 0 Å². The van der Waals surface area contributed by atoms with Crippen LogP contribution in [-0.2, 0) is 11.6 Å². The zero-order chi connectivity index (χ0) is 13.4. The number of benzene rings is 1. The van der Waals surface area contributed by atoms with Gasteiger partial charge in [0.15, 0.2) is 0 Å². The molecule has 0 amide bonds. The van der Waals surface area contributed by atoms with Gasteiger partial charge in [-0.2, -0.15) is 13.2 Å². The van der Waals surface area contributed by atoms with Gasteiger partial charge in [-0.15, -0.1) is 0 Å². The minimum Gasteiger partial charge on any atom is -0.497 e. The Bertz CT molecular complexity index is 433. The van der Waals surface area contributed by atoms with Crippen LogP contribution in [-0.4, -0.2) is 13.7 Å². The summed E-state index contributed by atoms with van der Waals surface area (Å²) in [6.45, 7) is 0.252. The van der Waals surface area contributed by atoms with Gasteiger partial charge in [0.05, 0.1) is 12.7 Å². The Labute approximate surface area is 104 Å². The number of alkyl halides is 3. The molecule has 100 valence electrons. The second kappa shape index (κ2) is 4.46. The maximum Gasteiger partial charge on any atom is 0.416 e. The van der Waals surface area contributed by atoms with Crippen molar-refractivity contribution in [3.63, 3.8) is 0 Å². The average Bonchev–Trinajstić information content (AvgIpc) is 2.27. The predicted molar refractivity (Wildman–Crippen MR) is 62.6 cm³/mol. The molecule has 5 heteroatoms. The van der Waals surface area contributed by atoms with Crippen LogP contribution in [0.3, 0.4) is 0 Å². The highest BCUT2D eigenvalue weighted by atomic mass is 19.4. The van der Waals surface area contributed by atoms with E-state index in [2.05, 4.69) is 0 Å². The van der Waals surface area contributed by atoms with E-state index >= 15 is 0 Å². The summed E-state index contributed by atoms with van der Waals surface area (Å²) in [6.07, 6.45) is -2.00. The highest BCUT2D eigenvalue weighted by Crippen LogP contribution is 2.48. The van der Waals surface area contributed by atoms with Gasteiger partial charge < -0.3 is 10.5 Å². The van der Waals surface area contributed by atoms with E-state index in [0.29, 0.717) is 5.56 Å². The van der Waals surface area contributed by atoms with Crippen LogP contribution in [0.25, 0.3) is 0 Å². The van der Waals surface area contributed by atoms with Crippen molar-refractivity contribution in [3.05, 3.63) is 29.3 Å². The average molecular weight is 259 g/mol. The lowest BCUT2D eigenvalue weighted by Gasteiger charge is -2.42. The summed E-state index contributed by atoms with van der Waals surface area (Å²) in [5, 5.41) is 0. The molecule has 0 atom stereocenters. The first kappa shape index (κ1) is 13.2. The van der Waals surface area contributed by atoms with Crippen molar-refractivity contribution in [2.45, 2.75) is 30.9 Å². The van der Waals surface area contributed by atoms with Crippen molar-refractivity contribution in [1.82, 2.24) is 0 Å². The van der Waals surface area contributed by atoms with E-state index in [-0.39, 0.29) is 12.3 Å². The molecule has 0 heterocycles. The van der Waals surface area contributed by atoms with Crippen LogP contribution in [0.15, 0.2) is 18.2 Å². The smallest absolute Gasteiger partial charge is 0.416 e. The normalized spacial score (nSPS) is 18.3. The van der Waals surface area contributed by atoms with Crippen LogP contribution in [0.5, 0.6) is 5.75 Å². The van der Waals surface area contributed by atoms with E-state index in [4.69, 9.17) is 10.5 Å². The molecule has 1 saturated carbocycles. The maximum absolute atomic E-state index is 13.1. The minimum atomic E-state index is -4.37. The first-order chi connectivity index (χ1) is 8.43. The Morgan fingerprint density at radius 2 is 2.00 bits per heavy atom. The first-order valence-electron chi connectivity index (χ1n) is 5.89. The molecule has 0 radical (unpaired) electrons. The zero-order valence-electron chi connectivity index (χ0n) is 10.2. The van der Waals surface area contributed by atoms with Crippen molar-refractivity contribution in [2.24, 2.45) is 5.73 Å². The monoisotopic (exact) mass is 259 g/mol. The summed E-state index contributed by atoms with van der Waals surface area (Å²) < 4.78 is 44.2. The molecule has 0 unspecified atom stereocenters. The van der Waals surface area contributed by atoms with E-state index in [1.807, 2.05) is 0 Å². The second-order valence-corrected chi connectivity index (χ2v) is 4.75. The summed E-state index contributed by atoms with van der Waals surface area (Å²) in [5.41, 5.74) is 4.87. The van der Waals surface area contributed by atoms with Gasteiger partial charge in [-0.3, -0.25) is 0 Å². The zero-order valence-corrected chi connectivity index (χ0v) is 10.2. The van der Waals surface area contributed by atoms with Gasteiger partial charge in [0.2, 0.25) is 0 Å². The molecule has 0 saturated heterocycles. The second-order valence-electron chi connectivity index (χ2n) is 4.75. The molecule has 2 nitrogen and oxygen atoms in total. The van der Waals surface area contributed by atoms with Crippen LogP contribution in [0, 0.1) is 0 Å². The summed E-state index contributed by atoms with van der Waals surface area (Å²) in [7, 11) is 1.36. The van der Waals surface area contributed by atoms with E-state index in [1.54, 1.807) is 6.07 Å². The van der Waals surface area contributed by atoms with Crippen LogP contribution in [0.4, 0.5) is 13.2 Å². The molecule has 0 bridgehead atoms. The number of ether oxygens (including phenoxy) is 1. The Hall–Kier alpha value is -1.23. The van der Waals surface area contributed by atoms with E-state index in [9.17, 15) is 13.2 Å². The molecule has 2 N–H and O–H groups in total. The predicted octanol–water partition coefficient (Wildman–Crippen LogP) is 3.09. The van der Waals surface area contributed by atoms with Crippen LogP contribution < -0.4 is 10.5 Å². The van der Waals surface area contributed by atoms with Gasteiger partial charge in [-0.05, 0) is 30.5 Å². The summed E-state index contributed by atoms with van der Waals surface area (Å²) in [5.74, 6) is 0.220. The lowest BCUT2D eigenvalue weighted by Crippen LogP contribution is -2.43. The third-order valence-electron chi connectivity index (χ3n) is 3.80. The first-order valence-corrected chi connectivity index (χ1v) is 5.89. The fourth-order valence-corrected chi connectivity index (χ4v) is 2.53. The van der Waals surface area contributed by atoms with Crippen LogP contribution in [0.2, 0.25) is 0 Å². The van der Waals surface area contributed by atoms with Crippen molar-refractivity contribution in [3.8, 4) is 5.75 Å². The minimum absolute atomic E-state index is 0.220. The van der Waals surface area contributed by atoms with E-state index in [1.165, 1.54) is 13.2 Å². The maximum atomic E-state index is 13.1. The fourth-order valence-electron chi connectivity index (χ4n) is 2.53. The largest absolute Gasteiger partial charge is 0.497 e. The standard InChI is InChI=1S/C13H16F3NO/c1-18-9-3-4-10(11(7-9)13(14,15)16)12(8-17)5-2-6-12/h3-4,7H,2,5-6,8,17H2,1H3. The number of halogens is 3. The molecule has 0 spiro atoms. The molecule has 1 aromatic rings. The molecular formula is C13H16F3NO. The Balaban J connectivity index is 2.53. The fraction of sp³-hybridized carbons (Fsp3) is 0.538. The third-order valence-corrected chi connectivity index (χ3v) is 3.80. The van der Waals surface area contributed by atoms with Crippen molar-refractivity contribution < 1.29 is 17.9 Å². The van der Waals surface area contributed by atoms with Crippen LogP contribution >= 0.6 is 0 Å². The number of nitrogens with two attached hydrogens (primary N) is 1. The highest BCUT2D eigenvalue weighted by Gasteiger charge is 2.44. The number of hydrogen-bond donors (Lipinski definition) is 1. The van der Waals surface area contributed by atoms with Gasteiger partial charge >= 0.3 is 6.18 Å². The molecule has 1 fully saturated rings. The lowest BCUT2D eigenvalue weighted by molar-refractivity contribution is -0.139. The molecule has 1 aliphatic rings. The lowest BCUT2D eigenvalue weighted by atomic mass is 9.63. The molecule has 2 rings (SSSR count). The molecule has 1 aliphatic carbocycles. The molecule has 18 heavy (non-hydrogen) atoms. The quantitative estimate of drug-likeness (QED) is 0.905. The summed E-state index contributed by atoms with van der Waals surface area (Å²) in [6, 6.07) is 4.14. The Morgan fingerprint density at radius 1 is 1.33 bits per heavy atom. The summed E-state index contributed by atoms with van der Waals surface area (Å²) in [4.78, 5) is 0. The van der Waals surface area contributed by atoms with E-state index < -0.39 is 17.2 Å². The summed E-state index contributed by atoms with van der Waals surface area (Å²) >= 11 is 0. The molecule has 1 aromatic carbocycles. The molecule has 0 aliphatic heterocycles. The number of methoxy groups -OCH3 is 1. The Morgan fingerprint density at radius 3 is 2.39 bits per heavy atom. The number of hydrogen-bond acceptors (Lipinski definition) is 2. The SMILES string of the molecule is COc1ccc(C2(CN)CCC2)c(C(F)(F)F)c1. The van der Waals surface area contributed by atoms with Crippen molar-refractivity contribution in [1.29, 1.82) is 0 Å². The van der Waals surface area contributed by atoms with Crippen LogP contribution in [0.1, 0.15) is 30.4 Å². The van der Waals surface area contributed by atoms with Crippen molar-refractivity contribution in [2.75, 3.05) is 13.7 Å². The van der Waals surface area contributed by atoms with Gasteiger partial charge in [0.1, 0.15) is 5.75 Å². The van der Waals surface area contributed by atoms with Gasteiger partial charge in [0.25, 0.3) is 0 Å².